The number of likely N-dealkylation sites (tertiary alicyclic amines) is 1. The minimum Gasteiger partial charge on any atom is -0.496 e. The quantitative estimate of drug-likeness (QED) is 0.301. The zero-order chi connectivity index (χ0) is 29.8. The molecule has 0 radical (unpaired) electrons. The molecule has 2 amide bonds. The minimum absolute atomic E-state index is 0.00113. The molecule has 0 unspecified atom stereocenters. The number of halogens is 1. The van der Waals surface area contributed by atoms with Gasteiger partial charge in [0.15, 0.2) is 0 Å². The van der Waals surface area contributed by atoms with Crippen molar-refractivity contribution in [2.45, 2.75) is 51.7 Å². The van der Waals surface area contributed by atoms with Crippen molar-refractivity contribution in [3.05, 3.63) is 77.4 Å². The standard InChI is InChI=1S/C32H37FN6O3/c1-5-15-38(3)32(41)28-12-10-23(18-39(28)19-25-26(33)7-6-8-29(25)42-4)35-31(40)22-9-11-27-24(17-22)30(37-36-27)21-13-14-34-20(2)16-21/h6-9,11,13-14,16-17,23,28H,5,10,12,15,18-19H2,1-4H3,(H,35,40)(H,36,37)/t23-,28+/m1/s1. The Kier molecular flexibility index (Phi) is 8.82. The van der Waals surface area contributed by atoms with E-state index in [1.807, 2.05) is 43.0 Å². The lowest BCUT2D eigenvalue weighted by Crippen LogP contribution is -2.56. The molecule has 0 saturated carbocycles. The van der Waals surface area contributed by atoms with Gasteiger partial charge >= 0.3 is 0 Å². The highest BCUT2D eigenvalue weighted by Crippen LogP contribution is 2.29. The fraction of sp³-hybridized carbons (Fsp3) is 0.375. The Hall–Kier alpha value is -4.31. The predicted octanol–water partition coefficient (Wildman–Crippen LogP) is 4.71. The molecule has 0 spiro atoms. The first-order valence-electron chi connectivity index (χ1n) is 14.3. The topological polar surface area (TPSA) is 103 Å². The van der Waals surface area contributed by atoms with Gasteiger partial charge in [0.25, 0.3) is 5.91 Å². The van der Waals surface area contributed by atoms with Gasteiger partial charge in [-0.15, -0.1) is 0 Å². The van der Waals surface area contributed by atoms with Crippen LogP contribution in [0.1, 0.15) is 47.8 Å². The van der Waals surface area contributed by atoms with E-state index in [4.69, 9.17) is 4.74 Å². The van der Waals surface area contributed by atoms with Crippen LogP contribution in [0.3, 0.4) is 0 Å². The summed E-state index contributed by atoms with van der Waals surface area (Å²) in [4.78, 5) is 34.9. The molecule has 3 heterocycles. The zero-order valence-electron chi connectivity index (χ0n) is 24.5. The summed E-state index contributed by atoms with van der Waals surface area (Å²) in [5.74, 6) is -0.164. The van der Waals surface area contributed by atoms with Gasteiger partial charge in [-0.25, -0.2) is 4.39 Å². The molecule has 2 atom stereocenters. The largest absolute Gasteiger partial charge is 0.496 e. The molecular weight excluding hydrogens is 535 g/mol. The van der Waals surface area contributed by atoms with Crippen LogP contribution < -0.4 is 10.1 Å². The summed E-state index contributed by atoms with van der Waals surface area (Å²) in [5.41, 5.74) is 4.29. The normalized spacial score (nSPS) is 17.3. The van der Waals surface area contributed by atoms with E-state index in [1.165, 1.54) is 13.2 Å². The first kappa shape index (κ1) is 29.2. The maximum absolute atomic E-state index is 14.9. The third-order valence-electron chi connectivity index (χ3n) is 7.89. The van der Waals surface area contributed by atoms with Crippen LogP contribution in [0.15, 0.2) is 54.7 Å². The number of pyridine rings is 1. The van der Waals surface area contributed by atoms with Crippen molar-refractivity contribution in [1.29, 1.82) is 0 Å². The number of carbonyl (C=O) groups is 2. The van der Waals surface area contributed by atoms with Crippen molar-refractivity contribution in [2.24, 2.45) is 0 Å². The number of rotatable bonds is 9. The Morgan fingerprint density at radius 3 is 2.79 bits per heavy atom. The van der Waals surface area contributed by atoms with E-state index < -0.39 is 6.04 Å². The second-order valence-corrected chi connectivity index (χ2v) is 10.9. The van der Waals surface area contributed by atoms with Crippen LogP contribution >= 0.6 is 0 Å². The van der Waals surface area contributed by atoms with Crippen LogP contribution in [-0.2, 0) is 11.3 Å². The number of H-pyrrole nitrogens is 1. The van der Waals surface area contributed by atoms with E-state index in [0.717, 1.165) is 34.3 Å². The van der Waals surface area contributed by atoms with Gasteiger partial charge in [-0.3, -0.25) is 24.6 Å². The van der Waals surface area contributed by atoms with E-state index in [2.05, 4.69) is 20.5 Å². The fourth-order valence-electron chi connectivity index (χ4n) is 5.74. The van der Waals surface area contributed by atoms with Crippen molar-refractivity contribution < 1.29 is 18.7 Å². The van der Waals surface area contributed by atoms with E-state index >= 15 is 0 Å². The summed E-state index contributed by atoms with van der Waals surface area (Å²) in [5, 5.41) is 11.5. The monoisotopic (exact) mass is 572 g/mol. The summed E-state index contributed by atoms with van der Waals surface area (Å²) < 4.78 is 20.4. The second-order valence-electron chi connectivity index (χ2n) is 10.9. The van der Waals surface area contributed by atoms with Crippen molar-refractivity contribution in [3.8, 4) is 17.0 Å². The van der Waals surface area contributed by atoms with Crippen LogP contribution in [0, 0.1) is 12.7 Å². The van der Waals surface area contributed by atoms with Gasteiger partial charge in [0.1, 0.15) is 17.3 Å². The maximum Gasteiger partial charge on any atom is 0.251 e. The molecular formula is C32H37FN6O3. The number of amides is 2. The summed E-state index contributed by atoms with van der Waals surface area (Å²) in [6.45, 7) is 5.18. The van der Waals surface area contributed by atoms with E-state index in [1.54, 1.807) is 36.3 Å². The van der Waals surface area contributed by atoms with E-state index in [9.17, 15) is 14.0 Å². The number of nitrogens with zero attached hydrogens (tertiary/aromatic N) is 4. The number of piperidine rings is 1. The number of nitrogens with one attached hydrogen (secondary N) is 2. The summed E-state index contributed by atoms with van der Waals surface area (Å²) in [7, 11) is 3.31. The Bertz CT molecular complexity index is 1590. The van der Waals surface area contributed by atoms with Gasteiger partial charge in [0, 0.05) is 66.7 Å². The van der Waals surface area contributed by atoms with Gasteiger partial charge in [-0.1, -0.05) is 13.0 Å². The van der Waals surface area contributed by atoms with Crippen LogP contribution in [0.2, 0.25) is 0 Å². The molecule has 1 fully saturated rings. The number of methoxy groups -OCH3 is 1. The van der Waals surface area contributed by atoms with Crippen LogP contribution in [0.25, 0.3) is 22.2 Å². The third-order valence-corrected chi connectivity index (χ3v) is 7.89. The van der Waals surface area contributed by atoms with Gasteiger partial charge < -0.3 is 15.0 Å². The number of likely N-dealkylation sites (N-methyl/N-ethyl adjacent to an activating group) is 1. The fourth-order valence-corrected chi connectivity index (χ4v) is 5.74. The number of ether oxygens (including phenoxy) is 1. The first-order valence-corrected chi connectivity index (χ1v) is 14.3. The van der Waals surface area contributed by atoms with Crippen LogP contribution in [0.5, 0.6) is 5.75 Å². The molecule has 2 aromatic heterocycles. The SMILES string of the molecule is CCCN(C)C(=O)[C@@H]1CC[C@@H](NC(=O)c2ccc3[nH]nc(-c4ccnc(C)c4)c3c2)CN1Cc1c(F)cccc1OC. The first-order chi connectivity index (χ1) is 20.3. The molecule has 9 nitrogen and oxygen atoms in total. The lowest BCUT2D eigenvalue weighted by Gasteiger charge is -2.40. The molecule has 1 saturated heterocycles. The number of aromatic amines is 1. The number of carbonyl (C=O) groups excluding carboxylic acids is 2. The molecule has 1 aliphatic rings. The predicted molar refractivity (Wildman–Crippen MR) is 160 cm³/mol. The van der Waals surface area contributed by atoms with Crippen molar-refractivity contribution in [2.75, 3.05) is 27.2 Å². The lowest BCUT2D eigenvalue weighted by atomic mass is 9.95. The molecule has 0 aliphatic carbocycles. The summed E-state index contributed by atoms with van der Waals surface area (Å²) in [6, 6.07) is 13.4. The molecule has 220 valence electrons. The average Bonchev–Trinajstić information content (AvgIpc) is 3.41. The van der Waals surface area contributed by atoms with Crippen molar-refractivity contribution in [1.82, 2.24) is 30.3 Å². The molecule has 1 aliphatic heterocycles. The average molecular weight is 573 g/mol. The van der Waals surface area contributed by atoms with E-state index in [-0.39, 0.29) is 30.2 Å². The number of benzene rings is 2. The number of hydrogen-bond donors (Lipinski definition) is 2. The molecule has 2 aromatic carbocycles. The lowest BCUT2D eigenvalue weighted by molar-refractivity contribution is -0.137. The van der Waals surface area contributed by atoms with Crippen LogP contribution in [-0.4, -0.2) is 76.1 Å². The minimum atomic E-state index is -0.423. The highest BCUT2D eigenvalue weighted by molar-refractivity contribution is 6.01. The Balaban J connectivity index is 1.37. The zero-order valence-corrected chi connectivity index (χ0v) is 24.5. The van der Waals surface area contributed by atoms with Gasteiger partial charge in [0.05, 0.1) is 18.7 Å². The summed E-state index contributed by atoms with van der Waals surface area (Å²) in [6.07, 6.45) is 3.76. The van der Waals surface area contributed by atoms with Gasteiger partial charge in [-0.2, -0.15) is 5.10 Å². The van der Waals surface area contributed by atoms with Crippen LogP contribution in [0.4, 0.5) is 4.39 Å². The van der Waals surface area contributed by atoms with Crippen molar-refractivity contribution >= 4 is 22.7 Å². The molecule has 4 aromatic rings. The molecule has 10 heteroatoms. The molecule has 0 bridgehead atoms. The summed E-state index contributed by atoms with van der Waals surface area (Å²) >= 11 is 0. The Labute approximate surface area is 245 Å². The van der Waals surface area contributed by atoms with E-state index in [0.29, 0.717) is 42.8 Å². The molecule has 42 heavy (non-hydrogen) atoms. The number of aryl methyl sites for hydroxylation is 1. The number of aromatic nitrogens is 3. The maximum atomic E-state index is 14.9. The number of hydrogen-bond acceptors (Lipinski definition) is 6. The van der Waals surface area contributed by atoms with Gasteiger partial charge in [-0.05, 0) is 68.7 Å². The molecule has 5 rings (SSSR count). The number of fused-ring (bicyclic) bond motifs is 1. The Morgan fingerprint density at radius 1 is 1.19 bits per heavy atom. The highest BCUT2D eigenvalue weighted by atomic mass is 19.1. The molecule has 2 N–H and O–H groups in total. The third kappa shape index (κ3) is 6.13. The van der Waals surface area contributed by atoms with Gasteiger partial charge in [0.2, 0.25) is 5.91 Å². The smallest absolute Gasteiger partial charge is 0.251 e. The Morgan fingerprint density at radius 2 is 2.02 bits per heavy atom. The highest BCUT2D eigenvalue weighted by Gasteiger charge is 2.36. The van der Waals surface area contributed by atoms with Crippen molar-refractivity contribution in [3.63, 3.8) is 0 Å². The second kappa shape index (κ2) is 12.7.